The molecule has 0 spiro atoms. The number of piperidine rings is 1. The van der Waals surface area contributed by atoms with Crippen LogP contribution in [-0.4, -0.2) is 50.1 Å². The number of carbonyl (C=O) groups is 1. The van der Waals surface area contributed by atoms with Crippen LogP contribution in [-0.2, 0) is 18.3 Å². The molecule has 0 unspecified atom stereocenters. The van der Waals surface area contributed by atoms with Gasteiger partial charge in [-0.2, -0.15) is 10.2 Å². The van der Waals surface area contributed by atoms with E-state index in [9.17, 15) is 4.79 Å². The molecule has 0 bridgehead atoms. The number of aromatic nitrogens is 4. The Labute approximate surface area is 152 Å². The van der Waals surface area contributed by atoms with Crippen LogP contribution < -0.4 is 0 Å². The number of Topliss-reactive ketones (excluding diaryl/α,β-unsaturated/α-hetero) is 1. The Morgan fingerprint density at radius 3 is 2.73 bits per heavy atom. The summed E-state index contributed by atoms with van der Waals surface area (Å²) in [5, 5.41) is 9.53. The third-order valence-electron chi connectivity index (χ3n) is 4.98. The van der Waals surface area contributed by atoms with E-state index in [0.29, 0.717) is 13.0 Å². The average molecular weight is 349 g/mol. The van der Waals surface area contributed by atoms with Crippen molar-refractivity contribution in [3.8, 4) is 11.3 Å². The van der Waals surface area contributed by atoms with E-state index in [-0.39, 0.29) is 5.78 Å². The second kappa shape index (κ2) is 7.33. The van der Waals surface area contributed by atoms with Crippen LogP contribution in [0.3, 0.4) is 0 Å². The number of likely N-dealkylation sites (tertiary alicyclic amines) is 1. The Bertz CT molecular complexity index is 927. The van der Waals surface area contributed by atoms with Crippen molar-refractivity contribution in [1.29, 1.82) is 0 Å². The number of hydrogen-bond acceptors (Lipinski definition) is 5. The maximum absolute atomic E-state index is 12.4. The maximum Gasteiger partial charge on any atom is 0.152 e. The Balaban J connectivity index is 1.52. The standard InChI is InChI=1S/C20H23N5O/c1-24-14-21-12-20(24)15-5-6-19-16(9-15)10-17(22-23-19)11-18(26)13-25-7-3-2-4-8-25/h5-6,9-10,12,14H,2-4,7-8,11,13H2,1H3. The molecule has 0 amide bonds. The highest BCUT2D eigenvalue weighted by Gasteiger charge is 2.15. The van der Waals surface area contributed by atoms with E-state index < -0.39 is 0 Å². The Morgan fingerprint density at radius 1 is 1.12 bits per heavy atom. The van der Waals surface area contributed by atoms with Crippen molar-refractivity contribution in [1.82, 2.24) is 24.6 Å². The number of hydrogen-bond donors (Lipinski definition) is 0. The molecule has 134 valence electrons. The van der Waals surface area contributed by atoms with E-state index in [2.05, 4.69) is 26.1 Å². The van der Waals surface area contributed by atoms with E-state index in [1.54, 1.807) is 6.33 Å². The number of benzene rings is 1. The molecule has 0 aliphatic carbocycles. The largest absolute Gasteiger partial charge is 0.334 e. The summed E-state index contributed by atoms with van der Waals surface area (Å²) in [4.78, 5) is 18.8. The molecule has 3 aromatic rings. The molecule has 26 heavy (non-hydrogen) atoms. The van der Waals surface area contributed by atoms with Gasteiger partial charge in [-0.15, -0.1) is 0 Å². The molecule has 1 saturated heterocycles. The van der Waals surface area contributed by atoms with E-state index >= 15 is 0 Å². The number of ketones is 1. The van der Waals surface area contributed by atoms with Crippen molar-refractivity contribution in [3.63, 3.8) is 0 Å². The highest BCUT2D eigenvalue weighted by molar-refractivity contribution is 5.86. The summed E-state index contributed by atoms with van der Waals surface area (Å²) in [6.07, 6.45) is 7.64. The Kier molecular flexibility index (Phi) is 4.75. The van der Waals surface area contributed by atoms with Crippen LogP contribution in [0.15, 0.2) is 36.8 Å². The molecule has 1 aliphatic heterocycles. The van der Waals surface area contributed by atoms with Gasteiger partial charge in [-0.1, -0.05) is 12.5 Å². The van der Waals surface area contributed by atoms with Crippen LogP contribution in [0.25, 0.3) is 22.2 Å². The van der Waals surface area contributed by atoms with Crippen LogP contribution >= 0.6 is 0 Å². The highest BCUT2D eigenvalue weighted by atomic mass is 16.1. The number of nitrogens with zero attached hydrogens (tertiary/aromatic N) is 5. The summed E-state index contributed by atoms with van der Waals surface area (Å²) < 4.78 is 1.98. The van der Waals surface area contributed by atoms with Gasteiger partial charge in [0.2, 0.25) is 0 Å². The molecule has 6 heteroatoms. The zero-order valence-corrected chi connectivity index (χ0v) is 15.1. The fraction of sp³-hybridized carbons (Fsp3) is 0.400. The van der Waals surface area contributed by atoms with Crippen LogP contribution in [0.4, 0.5) is 0 Å². The number of carbonyl (C=O) groups excluding carboxylic acids is 1. The van der Waals surface area contributed by atoms with Gasteiger partial charge in [0.25, 0.3) is 0 Å². The van der Waals surface area contributed by atoms with Gasteiger partial charge >= 0.3 is 0 Å². The molecule has 2 aromatic heterocycles. The topological polar surface area (TPSA) is 63.9 Å². The summed E-state index contributed by atoms with van der Waals surface area (Å²) in [5.74, 6) is 0.211. The van der Waals surface area contributed by atoms with Crippen molar-refractivity contribution < 1.29 is 4.79 Å². The molecule has 0 atom stereocenters. The molecule has 0 N–H and O–H groups in total. The molecule has 1 aromatic carbocycles. The lowest BCUT2D eigenvalue weighted by molar-refractivity contribution is -0.119. The summed E-state index contributed by atoms with van der Waals surface area (Å²) in [6.45, 7) is 2.58. The molecule has 1 fully saturated rings. The summed E-state index contributed by atoms with van der Waals surface area (Å²) in [7, 11) is 1.97. The predicted octanol–water partition coefficient (Wildman–Crippen LogP) is 2.63. The smallest absolute Gasteiger partial charge is 0.152 e. The molecule has 0 radical (unpaired) electrons. The molecule has 1 aliphatic rings. The third kappa shape index (κ3) is 3.65. The molecule has 6 nitrogen and oxygen atoms in total. The maximum atomic E-state index is 12.4. The highest BCUT2D eigenvalue weighted by Crippen LogP contribution is 2.23. The summed E-state index contributed by atoms with van der Waals surface area (Å²) in [6, 6.07) is 8.05. The first kappa shape index (κ1) is 16.8. The quantitative estimate of drug-likeness (QED) is 0.708. The monoisotopic (exact) mass is 349 g/mol. The van der Waals surface area contributed by atoms with Crippen LogP contribution in [0, 0.1) is 0 Å². The molecule has 3 heterocycles. The van der Waals surface area contributed by atoms with Gasteiger partial charge < -0.3 is 4.57 Å². The SMILES string of the molecule is Cn1cncc1-c1ccc2nnc(CC(=O)CN3CCCCC3)cc2c1. The van der Waals surface area contributed by atoms with Gasteiger partial charge in [0.05, 0.1) is 42.4 Å². The van der Waals surface area contributed by atoms with Crippen LogP contribution in [0.1, 0.15) is 25.0 Å². The summed E-state index contributed by atoms with van der Waals surface area (Å²) >= 11 is 0. The molecule has 4 rings (SSSR count). The third-order valence-corrected chi connectivity index (χ3v) is 4.98. The van der Waals surface area contributed by atoms with Gasteiger partial charge in [0.1, 0.15) is 0 Å². The van der Waals surface area contributed by atoms with Crippen molar-refractivity contribution in [2.75, 3.05) is 19.6 Å². The lowest BCUT2D eigenvalue weighted by Crippen LogP contribution is -2.35. The van der Waals surface area contributed by atoms with Crippen molar-refractivity contribution in [2.45, 2.75) is 25.7 Å². The van der Waals surface area contributed by atoms with Crippen LogP contribution in [0.5, 0.6) is 0 Å². The number of aryl methyl sites for hydroxylation is 1. The van der Waals surface area contributed by atoms with Crippen LogP contribution in [0.2, 0.25) is 0 Å². The minimum atomic E-state index is 0.211. The first-order valence-corrected chi connectivity index (χ1v) is 9.16. The van der Waals surface area contributed by atoms with Gasteiger partial charge in [-0.25, -0.2) is 4.98 Å². The van der Waals surface area contributed by atoms with Gasteiger partial charge in [0.15, 0.2) is 5.78 Å². The molecular weight excluding hydrogens is 326 g/mol. The normalized spacial score (nSPS) is 15.4. The zero-order valence-electron chi connectivity index (χ0n) is 15.1. The van der Waals surface area contributed by atoms with Gasteiger partial charge in [0, 0.05) is 18.0 Å². The van der Waals surface area contributed by atoms with Crippen molar-refractivity contribution in [2.24, 2.45) is 7.05 Å². The number of fused-ring (bicyclic) bond motifs is 1. The first-order valence-electron chi connectivity index (χ1n) is 9.16. The second-order valence-corrected chi connectivity index (χ2v) is 7.05. The minimum absolute atomic E-state index is 0.211. The van der Waals surface area contributed by atoms with E-state index in [0.717, 1.165) is 40.9 Å². The Hall–Kier alpha value is -2.60. The average Bonchev–Trinajstić information content (AvgIpc) is 3.08. The number of imidazole rings is 1. The van der Waals surface area contributed by atoms with Crippen molar-refractivity contribution in [3.05, 3.63) is 42.5 Å². The minimum Gasteiger partial charge on any atom is -0.334 e. The second-order valence-electron chi connectivity index (χ2n) is 7.05. The van der Waals surface area contributed by atoms with Gasteiger partial charge in [-0.3, -0.25) is 9.69 Å². The first-order chi connectivity index (χ1) is 12.7. The van der Waals surface area contributed by atoms with Crippen molar-refractivity contribution >= 4 is 16.7 Å². The number of rotatable bonds is 5. The summed E-state index contributed by atoms with van der Waals surface area (Å²) in [5.41, 5.74) is 3.70. The van der Waals surface area contributed by atoms with E-state index in [1.807, 2.05) is 36.0 Å². The van der Waals surface area contributed by atoms with E-state index in [1.165, 1.54) is 19.3 Å². The fourth-order valence-corrected chi connectivity index (χ4v) is 3.59. The molecule has 0 saturated carbocycles. The fourth-order valence-electron chi connectivity index (χ4n) is 3.59. The molecular formula is C20H23N5O. The zero-order chi connectivity index (χ0) is 17.9. The lowest BCUT2D eigenvalue weighted by Gasteiger charge is -2.25. The van der Waals surface area contributed by atoms with Gasteiger partial charge in [-0.05, 0) is 44.1 Å². The Morgan fingerprint density at radius 2 is 1.96 bits per heavy atom. The predicted molar refractivity (Wildman–Crippen MR) is 101 cm³/mol. The lowest BCUT2D eigenvalue weighted by atomic mass is 10.1. The van der Waals surface area contributed by atoms with E-state index in [4.69, 9.17) is 0 Å².